The summed E-state index contributed by atoms with van der Waals surface area (Å²) >= 11 is 0. The van der Waals surface area contributed by atoms with Crippen molar-refractivity contribution in [1.82, 2.24) is 10.2 Å². The Bertz CT molecular complexity index is 218. The minimum Gasteiger partial charge on any atom is -0.389 e. The molecule has 5 heteroatoms. The van der Waals surface area contributed by atoms with E-state index in [0.717, 1.165) is 25.9 Å². The molecule has 0 aromatic heterocycles. The van der Waals surface area contributed by atoms with Crippen molar-refractivity contribution in [2.24, 2.45) is 0 Å². The van der Waals surface area contributed by atoms with Crippen LogP contribution in [0.5, 0.6) is 0 Å². The molecule has 0 saturated carbocycles. The molecule has 0 amide bonds. The lowest BCUT2D eigenvalue weighted by Gasteiger charge is -2.39. The van der Waals surface area contributed by atoms with Gasteiger partial charge in [-0.05, 0) is 39.9 Å². The fraction of sp³-hybridized carbons (Fsp3) is 1.00. The maximum absolute atomic E-state index is 9.86. The van der Waals surface area contributed by atoms with Crippen LogP contribution < -0.4 is 5.32 Å². The highest BCUT2D eigenvalue weighted by Crippen LogP contribution is 2.20. The molecule has 1 atom stereocenters. The second-order valence-electron chi connectivity index (χ2n) is 5.33. The molecule has 18 heavy (non-hydrogen) atoms. The van der Waals surface area contributed by atoms with E-state index in [-0.39, 0.29) is 5.54 Å². The minimum atomic E-state index is -0.402. The van der Waals surface area contributed by atoms with Crippen LogP contribution in [-0.2, 0) is 9.47 Å². The fourth-order valence-electron chi connectivity index (χ4n) is 2.19. The largest absolute Gasteiger partial charge is 0.389 e. The molecule has 0 bridgehead atoms. The van der Waals surface area contributed by atoms with Gasteiger partial charge >= 0.3 is 0 Å². The molecule has 108 valence electrons. The van der Waals surface area contributed by atoms with E-state index in [1.165, 1.54) is 0 Å². The van der Waals surface area contributed by atoms with Crippen LogP contribution >= 0.6 is 0 Å². The maximum Gasteiger partial charge on any atom is 0.0900 e. The van der Waals surface area contributed by atoms with Crippen molar-refractivity contribution < 1.29 is 14.6 Å². The second kappa shape index (κ2) is 8.07. The molecule has 0 aromatic rings. The van der Waals surface area contributed by atoms with Gasteiger partial charge in [0.15, 0.2) is 0 Å². The van der Waals surface area contributed by atoms with E-state index in [4.69, 9.17) is 9.47 Å². The number of ether oxygens (including phenoxy) is 2. The van der Waals surface area contributed by atoms with Crippen LogP contribution in [0.25, 0.3) is 0 Å². The number of likely N-dealkylation sites (tertiary alicyclic amines) is 1. The third kappa shape index (κ3) is 5.63. The Balaban J connectivity index is 2.12. The average Bonchev–Trinajstić information content (AvgIpc) is 2.38. The molecule has 0 aromatic carbocycles. The molecule has 1 fully saturated rings. The minimum absolute atomic E-state index is 0.260. The molecule has 0 radical (unpaired) electrons. The summed E-state index contributed by atoms with van der Waals surface area (Å²) in [7, 11) is 3.67. The van der Waals surface area contributed by atoms with E-state index < -0.39 is 6.10 Å². The molecule has 0 aliphatic carbocycles. The molecule has 1 heterocycles. The van der Waals surface area contributed by atoms with Gasteiger partial charge < -0.3 is 24.8 Å². The van der Waals surface area contributed by atoms with Crippen molar-refractivity contribution in [3.8, 4) is 0 Å². The van der Waals surface area contributed by atoms with Gasteiger partial charge in [-0.25, -0.2) is 0 Å². The zero-order valence-electron chi connectivity index (χ0n) is 11.9. The Morgan fingerprint density at radius 3 is 2.56 bits per heavy atom. The number of rotatable bonds is 8. The van der Waals surface area contributed by atoms with Gasteiger partial charge in [-0.3, -0.25) is 0 Å². The Labute approximate surface area is 110 Å². The molecule has 5 nitrogen and oxygen atoms in total. The molecule has 2 N–H and O–H groups in total. The summed E-state index contributed by atoms with van der Waals surface area (Å²) in [5.41, 5.74) is 0.260. The molecular weight excluding hydrogens is 232 g/mol. The van der Waals surface area contributed by atoms with Gasteiger partial charge in [0.1, 0.15) is 0 Å². The predicted molar refractivity (Wildman–Crippen MR) is 71.8 cm³/mol. The lowest BCUT2D eigenvalue weighted by atomic mass is 9.90. The summed E-state index contributed by atoms with van der Waals surface area (Å²) in [6.07, 6.45) is 1.85. The molecule has 1 unspecified atom stereocenters. The second-order valence-corrected chi connectivity index (χ2v) is 5.33. The van der Waals surface area contributed by atoms with Crippen molar-refractivity contribution in [3.05, 3.63) is 0 Å². The Morgan fingerprint density at radius 1 is 1.33 bits per heavy atom. The molecule has 1 aliphatic heterocycles. The summed E-state index contributed by atoms with van der Waals surface area (Å²) < 4.78 is 10.2. The number of nitrogens with one attached hydrogen (secondary N) is 1. The number of methoxy groups -OCH3 is 1. The van der Waals surface area contributed by atoms with Gasteiger partial charge in [-0.1, -0.05) is 0 Å². The van der Waals surface area contributed by atoms with Crippen molar-refractivity contribution in [2.75, 3.05) is 53.6 Å². The molecule has 0 spiro atoms. The SMILES string of the molecule is CNC1(C)CCN(CC(O)COCCOC)CC1. The zero-order chi connectivity index (χ0) is 13.4. The fourth-order valence-corrected chi connectivity index (χ4v) is 2.19. The van der Waals surface area contributed by atoms with Crippen molar-refractivity contribution >= 4 is 0 Å². The lowest BCUT2D eigenvalue weighted by Crippen LogP contribution is -2.51. The standard InChI is InChI=1S/C13H28N2O3/c1-13(14-2)4-6-15(7-5-13)10-12(16)11-18-9-8-17-3/h12,14,16H,4-11H2,1-3H3. The summed E-state index contributed by atoms with van der Waals surface area (Å²) in [6, 6.07) is 0. The Hall–Kier alpha value is -0.200. The van der Waals surface area contributed by atoms with Gasteiger partial charge in [0.05, 0.1) is 25.9 Å². The van der Waals surface area contributed by atoms with Crippen LogP contribution in [0.15, 0.2) is 0 Å². The molecule has 1 saturated heterocycles. The summed E-state index contributed by atoms with van der Waals surface area (Å²) in [6.45, 7) is 6.55. The number of piperidine rings is 1. The van der Waals surface area contributed by atoms with E-state index in [1.54, 1.807) is 7.11 Å². The zero-order valence-corrected chi connectivity index (χ0v) is 11.9. The number of nitrogens with zero attached hydrogens (tertiary/aromatic N) is 1. The summed E-state index contributed by atoms with van der Waals surface area (Å²) in [5.74, 6) is 0. The van der Waals surface area contributed by atoms with Crippen LogP contribution in [0.2, 0.25) is 0 Å². The number of aliphatic hydroxyl groups is 1. The predicted octanol–water partition coefficient (Wildman–Crippen LogP) is 0.0842. The van der Waals surface area contributed by atoms with E-state index in [9.17, 15) is 5.11 Å². The highest BCUT2D eigenvalue weighted by Gasteiger charge is 2.28. The van der Waals surface area contributed by atoms with Gasteiger partial charge in [0.2, 0.25) is 0 Å². The smallest absolute Gasteiger partial charge is 0.0900 e. The van der Waals surface area contributed by atoms with Crippen LogP contribution in [0.3, 0.4) is 0 Å². The van der Waals surface area contributed by atoms with Crippen molar-refractivity contribution in [2.45, 2.75) is 31.4 Å². The van der Waals surface area contributed by atoms with Crippen LogP contribution in [0, 0.1) is 0 Å². The first-order chi connectivity index (χ1) is 8.59. The van der Waals surface area contributed by atoms with Gasteiger partial charge in [-0.2, -0.15) is 0 Å². The first kappa shape index (κ1) is 15.9. The Morgan fingerprint density at radius 2 is 2.00 bits per heavy atom. The van der Waals surface area contributed by atoms with E-state index in [2.05, 4.69) is 17.1 Å². The first-order valence-electron chi connectivity index (χ1n) is 6.75. The van der Waals surface area contributed by atoms with E-state index in [1.807, 2.05) is 7.05 Å². The summed E-state index contributed by atoms with van der Waals surface area (Å²) in [5, 5.41) is 13.2. The van der Waals surface area contributed by atoms with E-state index >= 15 is 0 Å². The normalized spacial score (nSPS) is 22.0. The van der Waals surface area contributed by atoms with Crippen molar-refractivity contribution in [1.29, 1.82) is 0 Å². The first-order valence-corrected chi connectivity index (χ1v) is 6.75. The number of β-amino-alcohol motifs (C(OH)–C–C–N with tert-alkyl or cyclic N) is 1. The number of hydrogen-bond donors (Lipinski definition) is 2. The third-order valence-corrected chi connectivity index (χ3v) is 3.77. The highest BCUT2D eigenvalue weighted by atomic mass is 16.5. The third-order valence-electron chi connectivity index (χ3n) is 3.77. The number of hydrogen-bond acceptors (Lipinski definition) is 5. The monoisotopic (exact) mass is 260 g/mol. The van der Waals surface area contributed by atoms with E-state index in [0.29, 0.717) is 26.4 Å². The topological polar surface area (TPSA) is 54.0 Å². The quantitative estimate of drug-likeness (QED) is 0.606. The number of aliphatic hydroxyl groups excluding tert-OH is 1. The molecule has 1 rings (SSSR count). The van der Waals surface area contributed by atoms with Crippen LogP contribution in [0.1, 0.15) is 19.8 Å². The maximum atomic E-state index is 9.86. The van der Waals surface area contributed by atoms with Crippen LogP contribution in [0.4, 0.5) is 0 Å². The van der Waals surface area contributed by atoms with Gasteiger partial charge in [0.25, 0.3) is 0 Å². The van der Waals surface area contributed by atoms with Crippen LogP contribution in [-0.4, -0.2) is 75.3 Å². The van der Waals surface area contributed by atoms with Gasteiger partial charge in [0, 0.05) is 19.2 Å². The lowest BCUT2D eigenvalue weighted by molar-refractivity contribution is -0.00602. The molecular formula is C13H28N2O3. The molecule has 1 aliphatic rings. The average molecular weight is 260 g/mol. The van der Waals surface area contributed by atoms with Gasteiger partial charge in [-0.15, -0.1) is 0 Å². The highest BCUT2D eigenvalue weighted by molar-refractivity contribution is 4.88. The summed E-state index contributed by atoms with van der Waals surface area (Å²) in [4.78, 5) is 2.31. The van der Waals surface area contributed by atoms with Crippen molar-refractivity contribution in [3.63, 3.8) is 0 Å². The Kier molecular flexibility index (Phi) is 7.11.